The van der Waals surface area contributed by atoms with Crippen molar-refractivity contribution in [3.8, 4) is 0 Å². The molecule has 0 aliphatic carbocycles. The Morgan fingerprint density at radius 2 is 2.39 bits per heavy atom. The van der Waals surface area contributed by atoms with Crippen LogP contribution < -0.4 is 0 Å². The van der Waals surface area contributed by atoms with Gasteiger partial charge < -0.3 is 9.64 Å². The molecule has 5 nitrogen and oxygen atoms in total. The molecule has 0 saturated carbocycles. The second-order valence-electron chi connectivity index (χ2n) is 4.52. The van der Waals surface area contributed by atoms with Crippen molar-refractivity contribution in [1.29, 1.82) is 0 Å². The molecule has 1 unspecified atom stereocenters. The van der Waals surface area contributed by atoms with Gasteiger partial charge in [0.05, 0.1) is 12.5 Å². The van der Waals surface area contributed by atoms with Gasteiger partial charge in [-0.2, -0.15) is 0 Å². The Morgan fingerprint density at radius 1 is 1.50 bits per heavy atom. The third-order valence-corrected chi connectivity index (χ3v) is 4.25. The number of nitrogens with zero attached hydrogens (tertiary/aromatic N) is 2. The van der Waals surface area contributed by atoms with Gasteiger partial charge in [0.25, 0.3) is 0 Å². The first-order valence-corrected chi connectivity index (χ1v) is 6.85. The van der Waals surface area contributed by atoms with E-state index in [9.17, 15) is 9.59 Å². The van der Waals surface area contributed by atoms with E-state index in [0.29, 0.717) is 32.7 Å². The van der Waals surface area contributed by atoms with E-state index in [2.05, 4.69) is 0 Å². The summed E-state index contributed by atoms with van der Waals surface area (Å²) in [6.45, 7) is 2.19. The molecular formula is C12H14N2O3S. The van der Waals surface area contributed by atoms with E-state index in [1.54, 1.807) is 16.2 Å². The minimum atomic E-state index is -0.245. The molecule has 2 aliphatic rings. The molecule has 2 fully saturated rings. The third-order valence-electron chi connectivity index (χ3n) is 3.37. The normalized spacial score (nSPS) is 22.9. The van der Waals surface area contributed by atoms with Gasteiger partial charge in [0.15, 0.2) is 0 Å². The first kappa shape index (κ1) is 11.5. The summed E-state index contributed by atoms with van der Waals surface area (Å²) < 4.78 is 4.98. The van der Waals surface area contributed by atoms with E-state index in [1.165, 1.54) is 0 Å². The first-order valence-electron chi connectivity index (χ1n) is 5.97. The maximum absolute atomic E-state index is 12.1. The Bertz CT molecular complexity index is 460. The van der Waals surface area contributed by atoms with Crippen molar-refractivity contribution in [1.82, 2.24) is 9.80 Å². The number of hydrogen-bond donors (Lipinski definition) is 0. The molecule has 96 valence electrons. The van der Waals surface area contributed by atoms with E-state index < -0.39 is 0 Å². The van der Waals surface area contributed by atoms with Gasteiger partial charge in [0.1, 0.15) is 6.61 Å². The third kappa shape index (κ3) is 2.08. The van der Waals surface area contributed by atoms with Gasteiger partial charge >= 0.3 is 6.09 Å². The highest BCUT2D eigenvalue weighted by atomic mass is 32.1. The van der Waals surface area contributed by atoms with Crippen LogP contribution in [0.5, 0.6) is 0 Å². The van der Waals surface area contributed by atoms with Crippen LogP contribution in [-0.2, 0) is 16.0 Å². The molecule has 0 bridgehead atoms. The topological polar surface area (TPSA) is 49.9 Å². The van der Waals surface area contributed by atoms with Crippen LogP contribution in [0.3, 0.4) is 0 Å². The van der Waals surface area contributed by atoms with Crippen LogP contribution in [0.2, 0.25) is 0 Å². The minimum absolute atomic E-state index is 0.0403. The fraction of sp³-hybridized carbons (Fsp3) is 0.500. The van der Waals surface area contributed by atoms with Crippen molar-refractivity contribution in [3.63, 3.8) is 0 Å². The second kappa shape index (κ2) is 4.61. The van der Waals surface area contributed by atoms with Gasteiger partial charge in [-0.05, 0) is 11.4 Å². The maximum atomic E-state index is 12.1. The molecule has 1 atom stereocenters. The number of thiophene rings is 1. The van der Waals surface area contributed by atoms with Gasteiger partial charge in [-0.3, -0.25) is 9.69 Å². The fourth-order valence-electron chi connectivity index (χ4n) is 2.39. The fourth-order valence-corrected chi connectivity index (χ4v) is 3.09. The number of amides is 2. The van der Waals surface area contributed by atoms with Crippen LogP contribution >= 0.6 is 11.3 Å². The molecule has 3 rings (SSSR count). The number of carbonyl (C=O) groups is 2. The van der Waals surface area contributed by atoms with E-state index in [1.807, 2.05) is 22.4 Å². The lowest BCUT2D eigenvalue weighted by Gasteiger charge is -2.35. The number of hydrogen-bond acceptors (Lipinski definition) is 4. The van der Waals surface area contributed by atoms with Crippen LogP contribution in [0.1, 0.15) is 4.88 Å². The maximum Gasteiger partial charge on any atom is 0.410 e. The van der Waals surface area contributed by atoms with Crippen LogP contribution in [0.25, 0.3) is 0 Å². The van der Waals surface area contributed by atoms with Crippen molar-refractivity contribution in [2.45, 2.75) is 12.5 Å². The quantitative estimate of drug-likeness (QED) is 0.801. The summed E-state index contributed by atoms with van der Waals surface area (Å²) in [5.74, 6) is 0.136. The van der Waals surface area contributed by atoms with Crippen molar-refractivity contribution < 1.29 is 14.3 Å². The van der Waals surface area contributed by atoms with Crippen molar-refractivity contribution >= 4 is 23.3 Å². The number of carbonyl (C=O) groups excluding carboxylic acids is 2. The number of piperazine rings is 1. The molecule has 0 radical (unpaired) electrons. The Hall–Kier alpha value is -1.56. The molecular weight excluding hydrogens is 252 g/mol. The predicted octanol–water partition coefficient (Wildman–Crippen LogP) is 0.954. The number of ether oxygens (including phenoxy) is 1. The molecule has 3 heterocycles. The monoisotopic (exact) mass is 266 g/mol. The molecule has 18 heavy (non-hydrogen) atoms. The summed E-state index contributed by atoms with van der Waals surface area (Å²) in [5, 5.41) is 1.98. The minimum Gasteiger partial charge on any atom is -0.447 e. The summed E-state index contributed by atoms with van der Waals surface area (Å²) >= 11 is 1.60. The lowest BCUT2D eigenvalue weighted by atomic mass is 10.2. The van der Waals surface area contributed by atoms with Crippen molar-refractivity contribution in [2.24, 2.45) is 0 Å². The zero-order chi connectivity index (χ0) is 12.5. The van der Waals surface area contributed by atoms with Crippen molar-refractivity contribution in [2.75, 3.05) is 26.2 Å². The molecule has 1 aromatic rings. The largest absolute Gasteiger partial charge is 0.447 e. The smallest absolute Gasteiger partial charge is 0.410 e. The number of fused-ring (bicyclic) bond motifs is 1. The second-order valence-corrected chi connectivity index (χ2v) is 5.55. The zero-order valence-corrected chi connectivity index (χ0v) is 10.7. The van der Waals surface area contributed by atoms with Crippen LogP contribution in [0, 0.1) is 0 Å². The Kier molecular flexibility index (Phi) is 2.95. The predicted molar refractivity (Wildman–Crippen MR) is 66.4 cm³/mol. The van der Waals surface area contributed by atoms with Crippen LogP contribution in [-0.4, -0.2) is 54.1 Å². The van der Waals surface area contributed by atoms with E-state index >= 15 is 0 Å². The average molecular weight is 266 g/mol. The van der Waals surface area contributed by atoms with Gasteiger partial charge in [-0.25, -0.2) is 4.79 Å². The van der Waals surface area contributed by atoms with Crippen LogP contribution in [0.4, 0.5) is 4.79 Å². The lowest BCUT2D eigenvalue weighted by molar-refractivity contribution is -0.132. The molecule has 2 aliphatic heterocycles. The summed E-state index contributed by atoms with van der Waals surface area (Å²) in [4.78, 5) is 28.1. The molecule has 1 aromatic heterocycles. The summed E-state index contributed by atoms with van der Waals surface area (Å²) in [5.41, 5.74) is 0. The zero-order valence-electron chi connectivity index (χ0n) is 9.87. The average Bonchev–Trinajstić information content (AvgIpc) is 2.99. The molecule has 0 spiro atoms. The standard InChI is InChI=1S/C12H14N2O3S/c15-11(6-10-2-1-5-18-10)13-3-4-14-9(7-13)8-17-12(14)16/h1-2,5,9H,3-4,6-8H2. The molecule has 2 saturated heterocycles. The Balaban J connectivity index is 1.61. The Labute approximate surface area is 109 Å². The van der Waals surface area contributed by atoms with E-state index in [0.717, 1.165) is 4.88 Å². The van der Waals surface area contributed by atoms with Gasteiger partial charge in [0.2, 0.25) is 5.91 Å². The Morgan fingerprint density at radius 3 is 3.17 bits per heavy atom. The van der Waals surface area contributed by atoms with Crippen LogP contribution in [0.15, 0.2) is 17.5 Å². The van der Waals surface area contributed by atoms with Gasteiger partial charge in [-0.15, -0.1) is 11.3 Å². The highest BCUT2D eigenvalue weighted by Gasteiger charge is 2.38. The van der Waals surface area contributed by atoms with Crippen molar-refractivity contribution in [3.05, 3.63) is 22.4 Å². The lowest BCUT2D eigenvalue weighted by Crippen LogP contribution is -2.54. The summed E-state index contributed by atoms with van der Waals surface area (Å²) in [7, 11) is 0. The molecule has 0 aromatic carbocycles. The van der Waals surface area contributed by atoms with Gasteiger partial charge in [0, 0.05) is 24.5 Å². The highest BCUT2D eigenvalue weighted by Crippen LogP contribution is 2.19. The summed E-state index contributed by atoms with van der Waals surface area (Å²) in [6, 6.07) is 3.97. The first-order chi connectivity index (χ1) is 8.74. The summed E-state index contributed by atoms with van der Waals surface area (Å²) in [6.07, 6.45) is 0.212. The molecule has 2 amide bonds. The highest BCUT2D eigenvalue weighted by molar-refractivity contribution is 7.10. The molecule has 0 N–H and O–H groups in total. The van der Waals surface area contributed by atoms with E-state index in [-0.39, 0.29) is 18.0 Å². The SMILES string of the molecule is O=C(Cc1cccs1)N1CCN2C(=O)OCC2C1. The van der Waals surface area contributed by atoms with E-state index in [4.69, 9.17) is 4.74 Å². The molecule has 6 heteroatoms. The number of cyclic esters (lactones) is 1. The number of rotatable bonds is 2. The van der Waals surface area contributed by atoms with Gasteiger partial charge in [-0.1, -0.05) is 6.07 Å².